The van der Waals surface area contributed by atoms with E-state index >= 15 is 0 Å². The van der Waals surface area contributed by atoms with Gasteiger partial charge in [0.15, 0.2) is 0 Å². The van der Waals surface area contributed by atoms with Crippen LogP contribution in [-0.4, -0.2) is 23.4 Å². The summed E-state index contributed by atoms with van der Waals surface area (Å²) >= 11 is 1.69. The summed E-state index contributed by atoms with van der Waals surface area (Å²) in [4.78, 5) is 11.1. The van der Waals surface area contributed by atoms with Crippen molar-refractivity contribution in [3.05, 3.63) is 35.4 Å². The molecule has 1 aromatic carbocycles. The number of rotatable bonds is 6. The van der Waals surface area contributed by atoms with Crippen LogP contribution >= 0.6 is 11.8 Å². The topological polar surface area (TPSA) is 63.3 Å². The fourth-order valence-electron chi connectivity index (χ4n) is 1.24. The van der Waals surface area contributed by atoms with Crippen LogP contribution in [0.3, 0.4) is 0 Å². The summed E-state index contributed by atoms with van der Waals surface area (Å²) in [6.45, 7) is 0.213. The molecular formula is C11H15NO2S. The summed E-state index contributed by atoms with van der Waals surface area (Å²) in [6, 6.07) is 7.35. The Hall–Kier alpha value is -1.00. The van der Waals surface area contributed by atoms with Crippen molar-refractivity contribution in [2.24, 2.45) is 5.73 Å². The van der Waals surface area contributed by atoms with Gasteiger partial charge in [0.1, 0.15) is 0 Å². The van der Waals surface area contributed by atoms with Crippen molar-refractivity contribution in [1.29, 1.82) is 0 Å². The molecule has 0 atom stereocenters. The number of aliphatic hydroxyl groups excluding tert-OH is 1. The molecule has 0 aromatic heterocycles. The average molecular weight is 225 g/mol. The smallest absolute Gasteiger partial charge is 0.249 e. The van der Waals surface area contributed by atoms with Crippen LogP contribution in [0.2, 0.25) is 0 Å². The molecule has 82 valence electrons. The van der Waals surface area contributed by atoms with Gasteiger partial charge in [0.25, 0.3) is 0 Å². The van der Waals surface area contributed by atoms with E-state index in [4.69, 9.17) is 10.8 Å². The van der Waals surface area contributed by atoms with Crippen LogP contribution in [0, 0.1) is 0 Å². The van der Waals surface area contributed by atoms with Crippen molar-refractivity contribution in [3.63, 3.8) is 0 Å². The minimum atomic E-state index is -0.381. The van der Waals surface area contributed by atoms with E-state index in [1.165, 1.54) is 0 Å². The lowest BCUT2D eigenvalue weighted by Crippen LogP contribution is -2.13. The number of hydrogen-bond acceptors (Lipinski definition) is 3. The van der Waals surface area contributed by atoms with Gasteiger partial charge in [0.2, 0.25) is 5.91 Å². The Morgan fingerprint density at radius 1 is 1.40 bits per heavy atom. The molecule has 0 aliphatic heterocycles. The van der Waals surface area contributed by atoms with E-state index in [1.807, 2.05) is 18.2 Å². The summed E-state index contributed by atoms with van der Waals surface area (Å²) in [7, 11) is 0. The standard InChI is InChI=1S/C11H15NO2S/c12-11(14)10-5-2-1-4-9(10)8-15-7-3-6-13/h1-2,4-5,13H,3,6-8H2,(H2,12,14). The molecule has 0 radical (unpaired) electrons. The molecule has 1 aromatic rings. The molecule has 3 N–H and O–H groups in total. The highest BCUT2D eigenvalue weighted by atomic mass is 32.2. The first-order valence-electron chi connectivity index (χ1n) is 4.82. The van der Waals surface area contributed by atoms with Gasteiger partial charge in [0, 0.05) is 17.9 Å². The van der Waals surface area contributed by atoms with E-state index in [0.29, 0.717) is 5.56 Å². The van der Waals surface area contributed by atoms with Crippen molar-refractivity contribution in [3.8, 4) is 0 Å². The van der Waals surface area contributed by atoms with Crippen LogP contribution in [0.15, 0.2) is 24.3 Å². The van der Waals surface area contributed by atoms with Crippen LogP contribution in [0.1, 0.15) is 22.3 Å². The van der Waals surface area contributed by atoms with Crippen LogP contribution in [0.25, 0.3) is 0 Å². The Morgan fingerprint density at radius 2 is 2.13 bits per heavy atom. The molecule has 1 amide bonds. The lowest BCUT2D eigenvalue weighted by molar-refractivity contribution is 0.0999. The number of amides is 1. The molecule has 0 saturated heterocycles. The Balaban J connectivity index is 2.56. The van der Waals surface area contributed by atoms with Gasteiger partial charge in [-0.2, -0.15) is 11.8 Å². The van der Waals surface area contributed by atoms with Crippen LogP contribution in [-0.2, 0) is 5.75 Å². The highest BCUT2D eigenvalue weighted by molar-refractivity contribution is 7.98. The van der Waals surface area contributed by atoms with Gasteiger partial charge >= 0.3 is 0 Å². The number of primary amides is 1. The quantitative estimate of drug-likeness (QED) is 0.719. The first-order valence-corrected chi connectivity index (χ1v) is 5.97. The van der Waals surface area contributed by atoms with Gasteiger partial charge in [-0.15, -0.1) is 0 Å². The maximum absolute atomic E-state index is 11.1. The Labute approximate surface area is 93.7 Å². The van der Waals surface area contributed by atoms with Gasteiger partial charge in [-0.25, -0.2) is 0 Å². The minimum Gasteiger partial charge on any atom is -0.396 e. The molecule has 15 heavy (non-hydrogen) atoms. The third-order valence-electron chi connectivity index (χ3n) is 1.99. The molecule has 0 fully saturated rings. The van der Waals surface area contributed by atoms with Crippen molar-refractivity contribution in [1.82, 2.24) is 0 Å². The maximum atomic E-state index is 11.1. The van der Waals surface area contributed by atoms with E-state index in [2.05, 4.69) is 0 Å². The number of thioether (sulfide) groups is 1. The summed E-state index contributed by atoms with van der Waals surface area (Å²) in [5, 5.41) is 8.62. The number of aliphatic hydroxyl groups is 1. The van der Waals surface area contributed by atoms with Crippen LogP contribution in [0.4, 0.5) is 0 Å². The molecule has 0 aliphatic rings. The van der Waals surface area contributed by atoms with Crippen molar-refractivity contribution in [2.45, 2.75) is 12.2 Å². The third-order valence-corrected chi connectivity index (χ3v) is 3.08. The average Bonchev–Trinajstić information content (AvgIpc) is 2.25. The first-order chi connectivity index (χ1) is 7.25. The van der Waals surface area contributed by atoms with E-state index < -0.39 is 0 Å². The Morgan fingerprint density at radius 3 is 2.80 bits per heavy atom. The summed E-state index contributed by atoms with van der Waals surface area (Å²) in [5.41, 5.74) is 6.81. The van der Waals surface area contributed by atoms with Crippen LogP contribution in [0.5, 0.6) is 0 Å². The Kier molecular flexibility index (Phi) is 5.21. The molecule has 0 unspecified atom stereocenters. The summed E-state index contributed by atoms with van der Waals surface area (Å²) < 4.78 is 0. The monoisotopic (exact) mass is 225 g/mol. The van der Waals surface area contributed by atoms with Crippen LogP contribution < -0.4 is 5.73 Å². The number of carbonyl (C=O) groups is 1. The molecule has 1 rings (SSSR count). The zero-order valence-electron chi connectivity index (χ0n) is 8.48. The van der Waals surface area contributed by atoms with Crippen molar-refractivity contribution in [2.75, 3.05) is 12.4 Å². The van der Waals surface area contributed by atoms with Gasteiger partial charge in [-0.05, 0) is 23.8 Å². The molecule has 3 nitrogen and oxygen atoms in total. The third kappa shape index (κ3) is 3.93. The number of nitrogens with two attached hydrogens (primary N) is 1. The number of benzene rings is 1. The van der Waals surface area contributed by atoms with E-state index in [-0.39, 0.29) is 12.5 Å². The van der Waals surface area contributed by atoms with Crippen molar-refractivity contribution < 1.29 is 9.90 Å². The lowest BCUT2D eigenvalue weighted by atomic mass is 10.1. The van der Waals surface area contributed by atoms with E-state index in [0.717, 1.165) is 23.5 Å². The fourth-order valence-corrected chi connectivity index (χ4v) is 2.18. The van der Waals surface area contributed by atoms with E-state index in [1.54, 1.807) is 17.8 Å². The highest BCUT2D eigenvalue weighted by Crippen LogP contribution is 2.16. The normalized spacial score (nSPS) is 10.2. The lowest BCUT2D eigenvalue weighted by Gasteiger charge is -2.05. The molecule has 0 spiro atoms. The zero-order chi connectivity index (χ0) is 11.1. The molecule has 4 heteroatoms. The van der Waals surface area contributed by atoms with Gasteiger partial charge in [-0.3, -0.25) is 4.79 Å². The van der Waals surface area contributed by atoms with Gasteiger partial charge in [-0.1, -0.05) is 18.2 Å². The van der Waals surface area contributed by atoms with Gasteiger partial charge < -0.3 is 10.8 Å². The molecular weight excluding hydrogens is 210 g/mol. The first kappa shape index (κ1) is 12.1. The minimum absolute atomic E-state index is 0.213. The number of carbonyl (C=O) groups excluding carboxylic acids is 1. The second-order valence-electron chi connectivity index (χ2n) is 3.15. The van der Waals surface area contributed by atoms with E-state index in [9.17, 15) is 4.79 Å². The Bertz CT molecular complexity index is 328. The maximum Gasteiger partial charge on any atom is 0.249 e. The largest absolute Gasteiger partial charge is 0.396 e. The SMILES string of the molecule is NC(=O)c1ccccc1CSCCCO. The molecule has 0 aliphatic carbocycles. The van der Waals surface area contributed by atoms with Gasteiger partial charge in [0.05, 0.1) is 0 Å². The summed E-state index contributed by atoms with van der Waals surface area (Å²) in [6.07, 6.45) is 0.781. The fraction of sp³-hybridized carbons (Fsp3) is 0.364. The second-order valence-corrected chi connectivity index (χ2v) is 4.26. The van der Waals surface area contributed by atoms with Crippen molar-refractivity contribution >= 4 is 17.7 Å². The molecule has 0 saturated carbocycles. The predicted molar refractivity (Wildman–Crippen MR) is 62.8 cm³/mol. The number of hydrogen-bond donors (Lipinski definition) is 2. The second kappa shape index (κ2) is 6.48. The highest BCUT2D eigenvalue weighted by Gasteiger charge is 2.06. The molecule has 0 heterocycles. The predicted octanol–water partition coefficient (Wildman–Crippen LogP) is 1.40. The zero-order valence-corrected chi connectivity index (χ0v) is 9.30. The summed E-state index contributed by atoms with van der Waals surface area (Å²) in [5.74, 6) is 1.27. The molecule has 0 bridgehead atoms.